The predicted molar refractivity (Wildman–Crippen MR) is 57.3 cm³/mol. The molecule has 1 aromatic rings. The summed E-state index contributed by atoms with van der Waals surface area (Å²) in [7, 11) is 0. The standard InChI is InChI=1S/C10H11NO3S/c1-6-3-7(5-15-6)8-4-10(2,9(12)13)14-11-8/h3,5H,4H2,1-2H3,(H,12,13). The Balaban J connectivity index is 2.20. The lowest BCUT2D eigenvalue weighted by Crippen LogP contribution is -2.35. The summed E-state index contributed by atoms with van der Waals surface area (Å²) in [4.78, 5) is 17.1. The molecule has 4 nitrogen and oxygen atoms in total. The van der Waals surface area contributed by atoms with Gasteiger partial charge in [-0.05, 0) is 19.9 Å². The van der Waals surface area contributed by atoms with E-state index in [0.29, 0.717) is 12.1 Å². The molecule has 5 heteroatoms. The van der Waals surface area contributed by atoms with Gasteiger partial charge in [-0.15, -0.1) is 11.3 Å². The van der Waals surface area contributed by atoms with Crippen LogP contribution >= 0.6 is 11.3 Å². The normalized spacial score (nSPS) is 24.8. The van der Waals surface area contributed by atoms with E-state index in [1.54, 1.807) is 11.3 Å². The summed E-state index contributed by atoms with van der Waals surface area (Å²) < 4.78 is 0. The molecule has 0 aromatic carbocycles. The van der Waals surface area contributed by atoms with Crippen LogP contribution < -0.4 is 0 Å². The molecule has 0 aliphatic carbocycles. The first-order valence-electron chi connectivity index (χ1n) is 4.55. The zero-order valence-corrected chi connectivity index (χ0v) is 9.30. The van der Waals surface area contributed by atoms with Gasteiger partial charge in [-0.3, -0.25) is 0 Å². The molecule has 1 aliphatic rings. The first kappa shape index (κ1) is 10.2. The van der Waals surface area contributed by atoms with Crippen molar-refractivity contribution < 1.29 is 14.7 Å². The highest BCUT2D eigenvalue weighted by Gasteiger charge is 2.42. The average molecular weight is 225 g/mol. The summed E-state index contributed by atoms with van der Waals surface area (Å²) in [5.41, 5.74) is 0.470. The van der Waals surface area contributed by atoms with Gasteiger partial charge < -0.3 is 9.94 Å². The monoisotopic (exact) mass is 225 g/mol. The minimum atomic E-state index is -1.20. The van der Waals surface area contributed by atoms with Gasteiger partial charge in [0.15, 0.2) is 0 Å². The molecule has 1 atom stereocenters. The van der Waals surface area contributed by atoms with E-state index in [1.165, 1.54) is 11.8 Å². The Labute approximate surface area is 91.2 Å². The molecule has 0 fully saturated rings. The van der Waals surface area contributed by atoms with E-state index >= 15 is 0 Å². The van der Waals surface area contributed by atoms with Gasteiger partial charge in [0.25, 0.3) is 0 Å². The number of carboxylic acids is 1. The van der Waals surface area contributed by atoms with Crippen molar-refractivity contribution in [1.82, 2.24) is 0 Å². The Kier molecular flexibility index (Phi) is 2.26. The van der Waals surface area contributed by atoms with Crippen LogP contribution in [0.25, 0.3) is 0 Å². The second kappa shape index (κ2) is 3.34. The highest BCUT2D eigenvalue weighted by atomic mass is 32.1. The van der Waals surface area contributed by atoms with Crippen molar-refractivity contribution in [3.8, 4) is 0 Å². The molecule has 0 saturated heterocycles. The lowest BCUT2D eigenvalue weighted by Gasteiger charge is -2.14. The van der Waals surface area contributed by atoms with E-state index in [9.17, 15) is 4.79 Å². The number of thiophene rings is 1. The Morgan fingerprint density at radius 1 is 1.73 bits per heavy atom. The molecular formula is C10H11NO3S. The molecule has 2 rings (SSSR count). The van der Waals surface area contributed by atoms with E-state index < -0.39 is 11.6 Å². The first-order chi connectivity index (χ1) is 7.01. The molecule has 2 heterocycles. The summed E-state index contributed by atoms with van der Waals surface area (Å²) in [6.45, 7) is 3.53. The molecule has 0 radical (unpaired) electrons. The van der Waals surface area contributed by atoms with Crippen LogP contribution in [0.2, 0.25) is 0 Å². The van der Waals surface area contributed by atoms with Gasteiger partial charge in [0.05, 0.1) is 5.71 Å². The summed E-state index contributed by atoms with van der Waals surface area (Å²) in [6.07, 6.45) is 0.318. The highest BCUT2D eigenvalue weighted by Crippen LogP contribution is 2.28. The molecule has 1 unspecified atom stereocenters. The fraction of sp³-hybridized carbons (Fsp3) is 0.400. The number of rotatable bonds is 2. The largest absolute Gasteiger partial charge is 0.478 e. The quantitative estimate of drug-likeness (QED) is 0.837. The molecular weight excluding hydrogens is 214 g/mol. The number of carboxylic acid groups (broad SMARTS) is 1. The van der Waals surface area contributed by atoms with E-state index in [0.717, 1.165) is 5.56 Å². The van der Waals surface area contributed by atoms with Crippen molar-refractivity contribution in [3.63, 3.8) is 0 Å². The molecule has 1 aliphatic heterocycles. The third-order valence-electron chi connectivity index (χ3n) is 2.38. The topological polar surface area (TPSA) is 58.9 Å². The van der Waals surface area contributed by atoms with Crippen LogP contribution in [0, 0.1) is 6.92 Å². The van der Waals surface area contributed by atoms with Gasteiger partial charge >= 0.3 is 5.97 Å². The van der Waals surface area contributed by atoms with Crippen molar-refractivity contribution in [2.75, 3.05) is 0 Å². The van der Waals surface area contributed by atoms with Crippen LogP contribution in [-0.4, -0.2) is 22.4 Å². The van der Waals surface area contributed by atoms with E-state index in [1.807, 2.05) is 18.4 Å². The Bertz CT molecular complexity index is 438. The van der Waals surface area contributed by atoms with Gasteiger partial charge in [-0.2, -0.15) is 0 Å². The summed E-state index contributed by atoms with van der Waals surface area (Å²) in [6, 6.07) is 1.99. The number of hydrogen-bond acceptors (Lipinski definition) is 4. The van der Waals surface area contributed by atoms with Crippen molar-refractivity contribution in [2.24, 2.45) is 5.16 Å². The average Bonchev–Trinajstić information content (AvgIpc) is 2.73. The maximum absolute atomic E-state index is 10.9. The van der Waals surface area contributed by atoms with E-state index in [-0.39, 0.29) is 0 Å². The summed E-state index contributed by atoms with van der Waals surface area (Å²) in [5, 5.41) is 14.7. The zero-order valence-electron chi connectivity index (χ0n) is 8.48. The SMILES string of the molecule is Cc1cc(C2=NOC(C)(C(=O)O)C2)cs1. The van der Waals surface area contributed by atoms with Crippen LogP contribution in [0.15, 0.2) is 16.6 Å². The highest BCUT2D eigenvalue weighted by molar-refractivity contribution is 7.10. The molecule has 1 aromatic heterocycles. The maximum Gasteiger partial charge on any atom is 0.351 e. The Morgan fingerprint density at radius 3 is 2.93 bits per heavy atom. The Hall–Kier alpha value is -1.36. The number of aryl methyl sites for hydroxylation is 1. The fourth-order valence-corrected chi connectivity index (χ4v) is 2.12. The number of aliphatic carboxylic acids is 1. The number of carbonyl (C=O) groups is 1. The number of hydrogen-bond donors (Lipinski definition) is 1. The van der Waals surface area contributed by atoms with Gasteiger partial charge in [0, 0.05) is 22.2 Å². The fourth-order valence-electron chi connectivity index (χ4n) is 1.40. The predicted octanol–water partition coefficient (Wildman–Crippen LogP) is 2.02. The Morgan fingerprint density at radius 2 is 2.47 bits per heavy atom. The molecule has 0 amide bonds. The van der Waals surface area contributed by atoms with Crippen LogP contribution in [0.1, 0.15) is 23.8 Å². The van der Waals surface area contributed by atoms with Crippen LogP contribution in [0.3, 0.4) is 0 Å². The number of oxime groups is 1. The second-order valence-corrected chi connectivity index (χ2v) is 4.90. The van der Waals surface area contributed by atoms with Crippen molar-refractivity contribution in [3.05, 3.63) is 21.9 Å². The first-order valence-corrected chi connectivity index (χ1v) is 5.43. The molecule has 0 saturated carbocycles. The minimum Gasteiger partial charge on any atom is -0.478 e. The van der Waals surface area contributed by atoms with E-state index in [4.69, 9.17) is 9.94 Å². The van der Waals surface area contributed by atoms with Crippen molar-refractivity contribution >= 4 is 23.0 Å². The van der Waals surface area contributed by atoms with Gasteiger partial charge in [0.1, 0.15) is 0 Å². The minimum absolute atomic E-state index is 0.318. The molecule has 0 spiro atoms. The molecule has 15 heavy (non-hydrogen) atoms. The van der Waals surface area contributed by atoms with Crippen molar-refractivity contribution in [2.45, 2.75) is 25.9 Å². The van der Waals surface area contributed by atoms with E-state index in [2.05, 4.69) is 5.16 Å². The molecule has 80 valence electrons. The summed E-state index contributed by atoms with van der Waals surface area (Å²) >= 11 is 1.62. The second-order valence-electron chi connectivity index (χ2n) is 3.79. The lowest BCUT2D eigenvalue weighted by molar-refractivity contribution is -0.160. The smallest absolute Gasteiger partial charge is 0.351 e. The van der Waals surface area contributed by atoms with Gasteiger partial charge in [-0.25, -0.2) is 4.79 Å². The van der Waals surface area contributed by atoms with Crippen LogP contribution in [0.4, 0.5) is 0 Å². The molecule has 0 bridgehead atoms. The maximum atomic E-state index is 10.9. The van der Waals surface area contributed by atoms with Gasteiger partial charge in [0.2, 0.25) is 5.60 Å². The van der Waals surface area contributed by atoms with Crippen LogP contribution in [0.5, 0.6) is 0 Å². The van der Waals surface area contributed by atoms with Gasteiger partial charge in [-0.1, -0.05) is 5.16 Å². The third kappa shape index (κ3) is 1.74. The lowest BCUT2D eigenvalue weighted by atomic mass is 9.97. The summed E-state index contributed by atoms with van der Waals surface area (Å²) in [5.74, 6) is -0.979. The van der Waals surface area contributed by atoms with Crippen molar-refractivity contribution in [1.29, 1.82) is 0 Å². The zero-order chi connectivity index (χ0) is 11.1. The number of nitrogens with zero attached hydrogens (tertiary/aromatic N) is 1. The van der Waals surface area contributed by atoms with Crippen LogP contribution in [-0.2, 0) is 9.63 Å². The molecule has 1 N–H and O–H groups in total. The third-order valence-corrected chi connectivity index (χ3v) is 3.24.